The molecule has 5 rings (SSSR count). The Balaban J connectivity index is 1.52. The molecule has 2 aromatic carbocycles. The lowest BCUT2D eigenvalue weighted by Crippen LogP contribution is -2.64. The van der Waals surface area contributed by atoms with Gasteiger partial charge in [0.25, 0.3) is 5.91 Å². The Morgan fingerprint density at radius 3 is 2.25 bits per heavy atom. The Morgan fingerprint density at radius 2 is 1.53 bits per heavy atom. The lowest BCUT2D eigenvalue weighted by Gasteiger charge is -2.45. The summed E-state index contributed by atoms with van der Waals surface area (Å²) < 4.78 is 2.05. The highest BCUT2D eigenvalue weighted by Crippen LogP contribution is 2.35. The van der Waals surface area contributed by atoms with Gasteiger partial charge in [0.1, 0.15) is 11.2 Å². The van der Waals surface area contributed by atoms with Crippen molar-refractivity contribution in [1.82, 2.24) is 14.8 Å². The van der Waals surface area contributed by atoms with Gasteiger partial charge in [-0.25, -0.2) is 0 Å². The lowest BCUT2D eigenvalue weighted by atomic mass is 9.91. The number of nitrogens with one attached hydrogen (secondary N) is 1. The van der Waals surface area contributed by atoms with Crippen molar-refractivity contribution in [3.05, 3.63) is 83.6 Å². The van der Waals surface area contributed by atoms with E-state index in [1.807, 2.05) is 54.0 Å². The molecule has 3 aromatic rings. The van der Waals surface area contributed by atoms with Gasteiger partial charge < -0.3 is 14.8 Å². The minimum atomic E-state index is -1.00. The maximum Gasteiger partial charge on any atom is 0.271 e. The Hall–Kier alpha value is -3.34. The number of hydrogen-bond donors (Lipinski definition) is 1. The molecular weight excluding hydrogens is 446 g/mol. The predicted molar refractivity (Wildman–Crippen MR) is 144 cm³/mol. The second kappa shape index (κ2) is 10.3. The van der Waals surface area contributed by atoms with Crippen LogP contribution < -0.4 is 5.32 Å². The van der Waals surface area contributed by atoms with Crippen LogP contribution in [0.1, 0.15) is 73.5 Å². The number of carbonyl (C=O) groups is 2. The third-order valence-electron chi connectivity index (χ3n) is 8.10. The van der Waals surface area contributed by atoms with Gasteiger partial charge in [-0.1, -0.05) is 86.7 Å². The van der Waals surface area contributed by atoms with Crippen LogP contribution in [0.15, 0.2) is 66.7 Å². The van der Waals surface area contributed by atoms with Gasteiger partial charge >= 0.3 is 0 Å². The molecule has 0 unspecified atom stereocenters. The molecule has 2 aliphatic rings. The van der Waals surface area contributed by atoms with Crippen molar-refractivity contribution in [1.29, 1.82) is 0 Å². The number of rotatable bonds is 5. The van der Waals surface area contributed by atoms with E-state index < -0.39 is 5.54 Å². The molecule has 36 heavy (non-hydrogen) atoms. The number of aromatic nitrogens is 1. The largest absolute Gasteiger partial charge is 0.351 e. The number of hydrogen-bond acceptors (Lipinski definition) is 2. The van der Waals surface area contributed by atoms with Crippen LogP contribution in [-0.2, 0) is 17.9 Å². The van der Waals surface area contributed by atoms with Gasteiger partial charge in [-0.3, -0.25) is 9.59 Å². The van der Waals surface area contributed by atoms with Gasteiger partial charge in [-0.2, -0.15) is 0 Å². The average Bonchev–Trinajstić information content (AvgIpc) is 3.28. The van der Waals surface area contributed by atoms with E-state index in [1.54, 1.807) is 4.90 Å². The van der Waals surface area contributed by atoms with Crippen LogP contribution in [0.3, 0.4) is 0 Å². The molecule has 0 saturated heterocycles. The van der Waals surface area contributed by atoms with E-state index in [0.29, 0.717) is 18.8 Å². The Bertz CT molecular complexity index is 1220. The monoisotopic (exact) mass is 483 g/mol. The van der Waals surface area contributed by atoms with Crippen LogP contribution >= 0.6 is 0 Å². The minimum absolute atomic E-state index is 0.0478. The minimum Gasteiger partial charge on any atom is -0.351 e. The van der Waals surface area contributed by atoms with Gasteiger partial charge in [0.2, 0.25) is 5.91 Å². The van der Waals surface area contributed by atoms with Crippen LogP contribution in [0.2, 0.25) is 0 Å². The fourth-order valence-corrected chi connectivity index (χ4v) is 5.78. The van der Waals surface area contributed by atoms with Crippen molar-refractivity contribution in [3.63, 3.8) is 0 Å². The van der Waals surface area contributed by atoms with E-state index in [-0.39, 0.29) is 17.9 Å². The molecule has 2 amide bonds. The zero-order valence-electron chi connectivity index (χ0n) is 21.5. The van der Waals surface area contributed by atoms with Crippen LogP contribution in [0, 0.1) is 6.92 Å². The fraction of sp³-hybridized carbons (Fsp3) is 0.419. The second-order valence-electron chi connectivity index (χ2n) is 10.7. The summed E-state index contributed by atoms with van der Waals surface area (Å²) in [5.74, 6) is -0.143. The molecule has 1 aromatic heterocycles. The number of benzene rings is 2. The molecule has 1 N–H and O–H groups in total. The van der Waals surface area contributed by atoms with Crippen molar-refractivity contribution < 1.29 is 9.59 Å². The predicted octanol–water partition coefficient (Wildman–Crippen LogP) is 6.11. The van der Waals surface area contributed by atoms with E-state index in [4.69, 9.17) is 0 Å². The zero-order chi connectivity index (χ0) is 25.1. The van der Waals surface area contributed by atoms with Crippen LogP contribution in [0.25, 0.3) is 11.3 Å². The summed E-state index contributed by atoms with van der Waals surface area (Å²) in [5.41, 5.74) is 3.85. The van der Waals surface area contributed by atoms with E-state index in [0.717, 1.165) is 48.1 Å². The third-order valence-corrected chi connectivity index (χ3v) is 8.10. The van der Waals surface area contributed by atoms with E-state index in [9.17, 15) is 9.59 Å². The molecule has 0 radical (unpaired) electrons. The first-order valence-corrected chi connectivity index (χ1v) is 13.4. The van der Waals surface area contributed by atoms with Gasteiger partial charge in [0.15, 0.2) is 0 Å². The van der Waals surface area contributed by atoms with Gasteiger partial charge in [-0.05, 0) is 55.5 Å². The van der Waals surface area contributed by atoms with Gasteiger partial charge in [0, 0.05) is 18.3 Å². The van der Waals surface area contributed by atoms with Crippen molar-refractivity contribution in [2.24, 2.45) is 0 Å². The Morgan fingerprint density at radius 1 is 0.889 bits per heavy atom. The maximum absolute atomic E-state index is 14.1. The van der Waals surface area contributed by atoms with Gasteiger partial charge in [-0.15, -0.1) is 0 Å². The topological polar surface area (TPSA) is 54.3 Å². The summed E-state index contributed by atoms with van der Waals surface area (Å²) in [5, 5.41) is 3.38. The molecule has 2 heterocycles. The van der Waals surface area contributed by atoms with Crippen molar-refractivity contribution in [2.45, 2.75) is 83.5 Å². The SMILES string of the molecule is Cc1ccccc1CN1C(=O)c2ccc(-c3ccccc3)n2C[C@]1(C)C(=O)NC1CCCCCCC1. The summed E-state index contributed by atoms with van der Waals surface area (Å²) in [6.45, 7) is 4.84. The van der Waals surface area contributed by atoms with Gasteiger partial charge in [0.05, 0.1) is 6.54 Å². The Labute approximate surface area is 214 Å². The van der Waals surface area contributed by atoms with Crippen molar-refractivity contribution in [2.75, 3.05) is 0 Å². The number of aryl methyl sites for hydroxylation is 1. The molecule has 0 spiro atoms. The molecule has 188 valence electrons. The molecule has 0 bridgehead atoms. The maximum atomic E-state index is 14.1. The molecular formula is C31H37N3O2. The number of carbonyl (C=O) groups excluding carboxylic acids is 2. The first-order chi connectivity index (χ1) is 17.5. The van der Waals surface area contributed by atoms with Crippen LogP contribution in [0.5, 0.6) is 0 Å². The number of fused-ring (bicyclic) bond motifs is 1. The smallest absolute Gasteiger partial charge is 0.271 e. The van der Waals surface area contributed by atoms with Crippen LogP contribution in [0.4, 0.5) is 0 Å². The standard InChI is InChI=1S/C31H37N3O2/c1-23-13-11-12-16-25(23)21-34-29(35)28-20-19-27(24-14-7-6-8-15-24)33(28)22-31(34,2)30(36)32-26-17-9-4-3-5-10-18-26/h6-8,11-16,19-20,26H,3-5,9-10,17-18,21-22H2,1-2H3,(H,32,36)/t31-/m1/s1. The quantitative estimate of drug-likeness (QED) is 0.476. The van der Waals surface area contributed by atoms with E-state index in [2.05, 4.69) is 36.5 Å². The summed E-state index contributed by atoms with van der Waals surface area (Å²) in [4.78, 5) is 29.9. The van der Waals surface area contributed by atoms with Crippen molar-refractivity contribution in [3.8, 4) is 11.3 Å². The molecule has 1 saturated carbocycles. The van der Waals surface area contributed by atoms with E-state index >= 15 is 0 Å². The first kappa shape index (κ1) is 24.4. The molecule has 5 nitrogen and oxygen atoms in total. The second-order valence-corrected chi connectivity index (χ2v) is 10.7. The zero-order valence-corrected chi connectivity index (χ0v) is 21.5. The summed E-state index contributed by atoms with van der Waals surface area (Å²) in [7, 11) is 0. The van der Waals surface area contributed by atoms with Crippen LogP contribution in [-0.4, -0.2) is 32.9 Å². The number of nitrogens with zero attached hydrogens (tertiary/aromatic N) is 2. The number of amides is 2. The highest BCUT2D eigenvalue weighted by molar-refractivity contribution is 6.00. The summed E-state index contributed by atoms with van der Waals surface area (Å²) in [6, 6.07) is 22.3. The molecule has 1 fully saturated rings. The Kier molecular flexibility index (Phi) is 6.99. The molecule has 1 atom stereocenters. The van der Waals surface area contributed by atoms with Crippen molar-refractivity contribution >= 4 is 11.8 Å². The third kappa shape index (κ3) is 4.71. The first-order valence-electron chi connectivity index (χ1n) is 13.4. The average molecular weight is 484 g/mol. The fourth-order valence-electron chi connectivity index (χ4n) is 5.78. The van der Waals surface area contributed by atoms with E-state index in [1.165, 1.54) is 19.3 Å². The molecule has 5 heteroatoms. The highest BCUT2D eigenvalue weighted by Gasteiger charge is 2.48. The normalized spacial score (nSPS) is 20.9. The lowest BCUT2D eigenvalue weighted by molar-refractivity contribution is -0.134. The summed E-state index contributed by atoms with van der Waals surface area (Å²) >= 11 is 0. The summed E-state index contributed by atoms with van der Waals surface area (Å²) in [6.07, 6.45) is 8.06. The molecule has 1 aliphatic heterocycles. The molecule has 1 aliphatic carbocycles. The highest BCUT2D eigenvalue weighted by atomic mass is 16.2.